The van der Waals surface area contributed by atoms with Crippen LogP contribution in [0.1, 0.15) is 18.4 Å². The van der Waals surface area contributed by atoms with E-state index < -0.39 is 16.1 Å². The summed E-state index contributed by atoms with van der Waals surface area (Å²) >= 11 is 0. The summed E-state index contributed by atoms with van der Waals surface area (Å²) in [6.07, 6.45) is 0.576. The maximum absolute atomic E-state index is 13.7. The molecule has 5 rings (SSSR count). The number of nitrogens with zero attached hydrogens (tertiary/aromatic N) is 3. The SMILES string of the molecule is COc1cccc2c1N(C1CCN(S(=O)(=O)c3cccc4c(N(C)C)cccc34)CC1)C(=O)OC2. The molecule has 1 saturated heterocycles. The number of piperidine rings is 1. The van der Waals surface area contributed by atoms with E-state index in [2.05, 4.69) is 0 Å². The summed E-state index contributed by atoms with van der Waals surface area (Å²) in [5.74, 6) is 0.613. The highest BCUT2D eigenvalue weighted by Crippen LogP contribution is 2.40. The standard InChI is InChI=1S/C26H29N3O5S/c1-27(2)22-10-5-9-21-20(22)8-6-12-24(21)35(31,32)28-15-13-19(14-16-28)29-25-18(17-34-26(29)30)7-4-11-23(25)33-3/h4-12,19H,13-17H2,1-3H3. The number of carbonyl (C=O) groups is 1. The third-order valence-electron chi connectivity index (χ3n) is 6.84. The Hall–Kier alpha value is -3.30. The van der Waals surface area contributed by atoms with Gasteiger partial charge in [0.25, 0.3) is 0 Å². The molecule has 3 aromatic carbocycles. The molecule has 0 radical (unpaired) electrons. The molecule has 1 amide bonds. The maximum atomic E-state index is 13.7. The highest BCUT2D eigenvalue weighted by Gasteiger charge is 2.38. The number of sulfonamides is 1. The van der Waals surface area contributed by atoms with Crippen LogP contribution in [0.3, 0.4) is 0 Å². The normalized spacial score (nSPS) is 17.2. The van der Waals surface area contributed by atoms with Crippen molar-refractivity contribution >= 4 is 38.3 Å². The number of ether oxygens (including phenoxy) is 2. The molecule has 0 bridgehead atoms. The van der Waals surface area contributed by atoms with Crippen LogP contribution in [0.25, 0.3) is 10.8 Å². The van der Waals surface area contributed by atoms with Gasteiger partial charge in [0.05, 0.1) is 17.7 Å². The van der Waals surface area contributed by atoms with E-state index in [1.807, 2.05) is 61.5 Å². The van der Waals surface area contributed by atoms with Gasteiger partial charge in [0.2, 0.25) is 10.0 Å². The van der Waals surface area contributed by atoms with Gasteiger partial charge in [0.1, 0.15) is 12.4 Å². The maximum Gasteiger partial charge on any atom is 0.415 e. The van der Waals surface area contributed by atoms with Gasteiger partial charge in [-0.15, -0.1) is 0 Å². The lowest BCUT2D eigenvalue weighted by molar-refractivity contribution is 0.135. The number of fused-ring (bicyclic) bond motifs is 2. The van der Waals surface area contributed by atoms with Crippen molar-refractivity contribution < 1.29 is 22.7 Å². The molecule has 3 aromatic rings. The second-order valence-corrected chi connectivity index (χ2v) is 11.0. The molecule has 0 saturated carbocycles. The van der Waals surface area contributed by atoms with Gasteiger partial charge in [-0.05, 0) is 31.0 Å². The molecular weight excluding hydrogens is 466 g/mol. The molecule has 2 heterocycles. The Morgan fingerprint density at radius 3 is 2.37 bits per heavy atom. The molecule has 184 valence electrons. The number of benzene rings is 3. The number of hydrogen-bond acceptors (Lipinski definition) is 6. The summed E-state index contributed by atoms with van der Waals surface area (Å²) in [5, 5.41) is 1.60. The van der Waals surface area contributed by atoms with Gasteiger partial charge in [-0.1, -0.05) is 36.4 Å². The molecule has 0 spiro atoms. The second kappa shape index (κ2) is 9.05. The summed E-state index contributed by atoms with van der Waals surface area (Å²) in [7, 11) is 1.75. The van der Waals surface area contributed by atoms with Crippen LogP contribution in [-0.4, -0.2) is 59.2 Å². The van der Waals surface area contributed by atoms with Crippen LogP contribution in [0.15, 0.2) is 59.5 Å². The Bertz CT molecular complexity index is 1370. The minimum atomic E-state index is -3.72. The van der Waals surface area contributed by atoms with Crippen molar-refractivity contribution in [2.45, 2.75) is 30.4 Å². The molecule has 2 aliphatic rings. The minimum Gasteiger partial charge on any atom is -0.495 e. The molecule has 0 unspecified atom stereocenters. The Labute approximate surface area is 205 Å². The fourth-order valence-electron chi connectivity index (χ4n) is 5.11. The van der Waals surface area contributed by atoms with Gasteiger partial charge in [-0.2, -0.15) is 4.31 Å². The topological polar surface area (TPSA) is 79.4 Å². The van der Waals surface area contributed by atoms with Crippen LogP contribution in [0.5, 0.6) is 5.75 Å². The van der Waals surface area contributed by atoms with Crippen molar-refractivity contribution in [3.63, 3.8) is 0 Å². The van der Waals surface area contributed by atoms with Crippen LogP contribution in [0.4, 0.5) is 16.2 Å². The fourth-order valence-corrected chi connectivity index (χ4v) is 6.79. The molecule has 8 nitrogen and oxygen atoms in total. The van der Waals surface area contributed by atoms with E-state index in [0.29, 0.717) is 42.0 Å². The van der Waals surface area contributed by atoms with Crippen molar-refractivity contribution in [1.29, 1.82) is 0 Å². The highest BCUT2D eigenvalue weighted by molar-refractivity contribution is 7.89. The lowest BCUT2D eigenvalue weighted by atomic mass is 10.0. The first-order chi connectivity index (χ1) is 16.8. The average molecular weight is 496 g/mol. The zero-order valence-corrected chi connectivity index (χ0v) is 20.9. The largest absolute Gasteiger partial charge is 0.495 e. The fraction of sp³-hybridized carbons (Fsp3) is 0.346. The third kappa shape index (κ3) is 3.98. The number of hydrogen-bond donors (Lipinski definition) is 0. The van der Waals surface area contributed by atoms with Crippen LogP contribution >= 0.6 is 0 Å². The number of amides is 1. The number of carbonyl (C=O) groups excluding carboxylic acids is 1. The first kappa shape index (κ1) is 23.4. The van der Waals surface area contributed by atoms with E-state index in [1.54, 1.807) is 24.1 Å². The number of para-hydroxylation sites is 1. The summed E-state index contributed by atoms with van der Waals surface area (Å²) in [5.41, 5.74) is 2.57. The van der Waals surface area contributed by atoms with E-state index in [-0.39, 0.29) is 12.6 Å². The predicted molar refractivity (Wildman–Crippen MR) is 136 cm³/mol. The van der Waals surface area contributed by atoms with Crippen molar-refractivity contribution in [3.8, 4) is 5.75 Å². The Morgan fingerprint density at radius 1 is 0.971 bits per heavy atom. The zero-order chi connectivity index (χ0) is 24.7. The summed E-state index contributed by atoms with van der Waals surface area (Å²) in [6, 6.07) is 16.6. The average Bonchev–Trinajstić information content (AvgIpc) is 2.87. The molecule has 0 N–H and O–H groups in total. The summed E-state index contributed by atoms with van der Waals surface area (Å²) < 4.78 is 39.9. The van der Waals surface area contributed by atoms with Gasteiger partial charge in [-0.25, -0.2) is 13.2 Å². The number of cyclic esters (lactones) is 1. The molecule has 9 heteroatoms. The number of anilines is 2. The van der Waals surface area contributed by atoms with E-state index in [0.717, 1.165) is 22.3 Å². The Balaban J connectivity index is 1.42. The first-order valence-electron chi connectivity index (χ1n) is 11.6. The third-order valence-corrected chi connectivity index (χ3v) is 8.80. The van der Waals surface area contributed by atoms with Gasteiger partial charge in [0.15, 0.2) is 0 Å². The molecule has 1 fully saturated rings. The van der Waals surface area contributed by atoms with Crippen LogP contribution in [0.2, 0.25) is 0 Å². The number of rotatable bonds is 5. The quantitative estimate of drug-likeness (QED) is 0.527. The first-order valence-corrected chi connectivity index (χ1v) is 13.1. The molecule has 0 aliphatic carbocycles. The van der Waals surface area contributed by atoms with Crippen molar-refractivity contribution in [1.82, 2.24) is 4.31 Å². The van der Waals surface area contributed by atoms with Crippen LogP contribution in [0, 0.1) is 0 Å². The van der Waals surface area contributed by atoms with Crippen molar-refractivity contribution in [2.24, 2.45) is 0 Å². The minimum absolute atomic E-state index is 0.183. The van der Waals surface area contributed by atoms with Crippen molar-refractivity contribution in [2.75, 3.05) is 44.1 Å². The monoisotopic (exact) mass is 495 g/mol. The number of methoxy groups -OCH3 is 1. The lowest BCUT2D eigenvalue weighted by Crippen LogP contribution is -2.50. The van der Waals surface area contributed by atoms with Gasteiger partial charge in [0, 0.05) is 55.2 Å². The Kier molecular flexibility index (Phi) is 6.06. The van der Waals surface area contributed by atoms with Gasteiger partial charge < -0.3 is 14.4 Å². The summed E-state index contributed by atoms with van der Waals surface area (Å²) in [6.45, 7) is 0.821. The smallest absolute Gasteiger partial charge is 0.415 e. The van der Waals surface area contributed by atoms with E-state index in [4.69, 9.17) is 9.47 Å². The predicted octanol–water partition coefficient (Wildman–Crippen LogP) is 4.22. The van der Waals surface area contributed by atoms with Crippen LogP contribution in [-0.2, 0) is 21.4 Å². The summed E-state index contributed by atoms with van der Waals surface area (Å²) in [4.78, 5) is 16.7. The molecule has 0 atom stereocenters. The van der Waals surface area contributed by atoms with Crippen molar-refractivity contribution in [3.05, 3.63) is 60.2 Å². The van der Waals surface area contributed by atoms with Crippen LogP contribution < -0.4 is 14.5 Å². The molecular formula is C26H29N3O5S. The second-order valence-electron chi connectivity index (χ2n) is 9.05. The van der Waals surface area contributed by atoms with Gasteiger partial charge >= 0.3 is 6.09 Å². The molecule has 0 aromatic heterocycles. The van der Waals surface area contributed by atoms with E-state index in [9.17, 15) is 13.2 Å². The van der Waals surface area contributed by atoms with Gasteiger partial charge in [-0.3, -0.25) is 4.90 Å². The highest BCUT2D eigenvalue weighted by atomic mass is 32.2. The van der Waals surface area contributed by atoms with E-state index in [1.165, 1.54) is 4.31 Å². The Morgan fingerprint density at radius 2 is 1.66 bits per heavy atom. The zero-order valence-electron chi connectivity index (χ0n) is 20.1. The molecule has 35 heavy (non-hydrogen) atoms. The lowest BCUT2D eigenvalue weighted by Gasteiger charge is -2.40. The molecule has 2 aliphatic heterocycles. The van der Waals surface area contributed by atoms with E-state index >= 15 is 0 Å².